The number of hydrogen-bond donors (Lipinski definition) is 1. The highest BCUT2D eigenvalue weighted by Gasteiger charge is 2.30. The summed E-state index contributed by atoms with van der Waals surface area (Å²) < 4.78 is 8.65. The monoisotopic (exact) mass is 523 g/mol. The first kappa shape index (κ1) is 23.4. The summed E-state index contributed by atoms with van der Waals surface area (Å²) in [6.45, 7) is 5.25. The molecule has 1 fully saturated rings. The minimum absolute atomic E-state index is 0.322. The highest BCUT2D eigenvalue weighted by atomic mass is 32.1. The van der Waals surface area contributed by atoms with Crippen LogP contribution in [-0.4, -0.2) is 32.2 Å². The molecule has 192 valence electrons. The van der Waals surface area contributed by atoms with Crippen molar-refractivity contribution in [3.63, 3.8) is 0 Å². The minimum atomic E-state index is -0.897. The van der Waals surface area contributed by atoms with E-state index >= 15 is 0 Å². The zero-order valence-corrected chi connectivity index (χ0v) is 22.4. The first-order chi connectivity index (χ1) is 18.5. The van der Waals surface area contributed by atoms with Crippen molar-refractivity contribution in [1.29, 1.82) is 0 Å². The number of carboxylic acid groups (broad SMARTS) is 1. The number of nitrogens with zero attached hydrogens (tertiary/aromatic N) is 3. The van der Waals surface area contributed by atoms with Gasteiger partial charge in [0, 0.05) is 27.9 Å². The zero-order valence-electron chi connectivity index (χ0n) is 21.6. The van der Waals surface area contributed by atoms with E-state index in [0.717, 1.165) is 61.8 Å². The number of hydrogen-bond acceptors (Lipinski definition) is 5. The number of benzene rings is 2. The van der Waals surface area contributed by atoms with E-state index in [2.05, 4.69) is 33.8 Å². The molecular weight excluding hydrogens is 494 g/mol. The van der Waals surface area contributed by atoms with E-state index in [4.69, 9.17) is 9.72 Å². The number of fused-ring (bicyclic) bond motifs is 6. The zero-order chi connectivity index (χ0) is 26.0. The van der Waals surface area contributed by atoms with Gasteiger partial charge in [-0.2, -0.15) is 0 Å². The van der Waals surface area contributed by atoms with Crippen molar-refractivity contribution in [3.05, 3.63) is 64.3 Å². The lowest BCUT2D eigenvalue weighted by molar-refractivity contribution is 0.0697. The Hall–Kier alpha value is -3.71. The normalized spacial score (nSPS) is 15.7. The summed E-state index contributed by atoms with van der Waals surface area (Å²) in [4.78, 5) is 22.5. The first-order valence-electron chi connectivity index (χ1n) is 13.4. The summed E-state index contributed by atoms with van der Waals surface area (Å²) in [6.07, 6.45) is 6.07. The molecule has 1 aliphatic heterocycles. The van der Waals surface area contributed by atoms with Crippen LogP contribution in [0.3, 0.4) is 0 Å². The fourth-order valence-corrected chi connectivity index (χ4v) is 7.32. The summed E-state index contributed by atoms with van der Waals surface area (Å²) in [5.74, 6) is 0.403. The molecule has 0 bridgehead atoms. The number of carboxylic acids is 1. The number of aryl methyl sites for hydroxylation is 2. The lowest BCUT2D eigenvalue weighted by atomic mass is 9.81. The van der Waals surface area contributed by atoms with Gasteiger partial charge < -0.3 is 14.4 Å². The van der Waals surface area contributed by atoms with Crippen LogP contribution in [0.25, 0.3) is 43.6 Å². The third-order valence-electron chi connectivity index (χ3n) is 8.12. The molecule has 5 aromatic rings. The summed E-state index contributed by atoms with van der Waals surface area (Å²) in [5.41, 5.74) is 7.76. The first-order valence-corrected chi connectivity index (χ1v) is 14.2. The van der Waals surface area contributed by atoms with Crippen LogP contribution >= 0.6 is 11.3 Å². The number of aromatic carboxylic acids is 1. The SMILES string of the molecule is Cc1nc(C)c(-c2ccc3cc4c(cc3n2)OCCn2c-4c(C3CCCCC3)c3ccc(C(=O)O)cc32)s1. The number of rotatable bonds is 3. The highest BCUT2D eigenvalue weighted by molar-refractivity contribution is 7.15. The molecule has 0 unspecified atom stereocenters. The van der Waals surface area contributed by atoms with E-state index in [-0.39, 0.29) is 0 Å². The van der Waals surface area contributed by atoms with Gasteiger partial charge in [-0.1, -0.05) is 31.4 Å². The van der Waals surface area contributed by atoms with Gasteiger partial charge in [0.1, 0.15) is 12.4 Å². The number of thiazole rings is 1. The van der Waals surface area contributed by atoms with Crippen molar-refractivity contribution in [1.82, 2.24) is 14.5 Å². The summed E-state index contributed by atoms with van der Waals surface area (Å²) in [6, 6.07) is 14.1. The molecule has 4 heterocycles. The second-order valence-electron chi connectivity index (χ2n) is 10.5. The van der Waals surface area contributed by atoms with Crippen molar-refractivity contribution >= 4 is 39.1 Å². The molecule has 1 aliphatic carbocycles. The maximum atomic E-state index is 11.8. The van der Waals surface area contributed by atoms with E-state index in [1.165, 1.54) is 35.9 Å². The number of pyridine rings is 1. The van der Waals surface area contributed by atoms with Gasteiger partial charge in [-0.15, -0.1) is 11.3 Å². The summed E-state index contributed by atoms with van der Waals surface area (Å²) >= 11 is 1.67. The van der Waals surface area contributed by atoms with Crippen LogP contribution < -0.4 is 4.74 Å². The van der Waals surface area contributed by atoms with Crippen molar-refractivity contribution in [2.75, 3.05) is 6.61 Å². The van der Waals surface area contributed by atoms with Crippen LogP contribution in [0.1, 0.15) is 64.6 Å². The maximum absolute atomic E-state index is 11.8. The maximum Gasteiger partial charge on any atom is 0.335 e. The van der Waals surface area contributed by atoms with Crippen LogP contribution in [0.4, 0.5) is 0 Å². The fraction of sp³-hybridized carbons (Fsp3) is 0.323. The fourth-order valence-electron chi connectivity index (χ4n) is 6.44. The highest BCUT2D eigenvalue weighted by Crippen LogP contribution is 2.48. The molecule has 6 nitrogen and oxygen atoms in total. The second-order valence-corrected chi connectivity index (χ2v) is 11.7. The minimum Gasteiger partial charge on any atom is -0.491 e. The van der Waals surface area contributed by atoms with Crippen molar-refractivity contribution < 1.29 is 14.6 Å². The second kappa shape index (κ2) is 8.95. The molecular formula is C31H29N3O3S. The Balaban J connectivity index is 1.46. The Morgan fingerprint density at radius 3 is 2.66 bits per heavy atom. The van der Waals surface area contributed by atoms with Gasteiger partial charge in [0.05, 0.1) is 44.6 Å². The van der Waals surface area contributed by atoms with Gasteiger partial charge in [-0.05, 0) is 62.4 Å². The van der Waals surface area contributed by atoms with Gasteiger partial charge in [0.2, 0.25) is 0 Å². The molecule has 1 saturated carbocycles. The number of carbonyl (C=O) groups is 1. The largest absolute Gasteiger partial charge is 0.491 e. The predicted molar refractivity (Wildman–Crippen MR) is 152 cm³/mol. The van der Waals surface area contributed by atoms with Crippen LogP contribution in [0, 0.1) is 13.8 Å². The molecule has 2 aromatic carbocycles. The van der Waals surface area contributed by atoms with E-state index in [1.807, 2.05) is 26.0 Å². The molecule has 2 aliphatic rings. The number of ether oxygens (including phenoxy) is 1. The number of aromatic nitrogens is 3. The summed E-state index contributed by atoms with van der Waals surface area (Å²) in [5, 5.41) is 13.0. The summed E-state index contributed by atoms with van der Waals surface area (Å²) in [7, 11) is 0. The van der Waals surface area contributed by atoms with E-state index in [1.54, 1.807) is 17.4 Å². The molecule has 0 spiro atoms. The predicted octanol–water partition coefficient (Wildman–Crippen LogP) is 7.74. The third kappa shape index (κ3) is 3.71. The van der Waals surface area contributed by atoms with Gasteiger partial charge in [0.15, 0.2) is 0 Å². The molecule has 0 saturated heterocycles. The Labute approximate surface area is 224 Å². The van der Waals surface area contributed by atoms with Gasteiger partial charge >= 0.3 is 5.97 Å². The topological polar surface area (TPSA) is 77.2 Å². The third-order valence-corrected chi connectivity index (χ3v) is 9.21. The molecule has 0 atom stereocenters. The molecule has 7 rings (SSSR count). The molecule has 0 amide bonds. The quantitative estimate of drug-likeness (QED) is 0.262. The van der Waals surface area contributed by atoms with E-state index in [9.17, 15) is 9.90 Å². The van der Waals surface area contributed by atoms with Crippen LogP contribution in [0.5, 0.6) is 5.75 Å². The van der Waals surface area contributed by atoms with E-state index in [0.29, 0.717) is 24.6 Å². The Kier molecular flexibility index (Phi) is 5.51. The lowest BCUT2D eigenvalue weighted by Gasteiger charge is -2.23. The Morgan fingerprint density at radius 2 is 1.89 bits per heavy atom. The molecule has 0 radical (unpaired) electrons. The average Bonchev–Trinajstić information content (AvgIpc) is 3.37. The van der Waals surface area contributed by atoms with Gasteiger partial charge in [-0.25, -0.2) is 14.8 Å². The average molecular weight is 524 g/mol. The van der Waals surface area contributed by atoms with Crippen LogP contribution in [-0.2, 0) is 6.54 Å². The van der Waals surface area contributed by atoms with Gasteiger partial charge in [0.25, 0.3) is 0 Å². The smallest absolute Gasteiger partial charge is 0.335 e. The van der Waals surface area contributed by atoms with Crippen molar-refractivity contribution in [2.45, 2.75) is 58.4 Å². The molecule has 3 aromatic heterocycles. The molecule has 38 heavy (non-hydrogen) atoms. The molecule has 1 N–H and O–H groups in total. The Bertz CT molecular complexity index is 1740. The Morgan fingerprint density at radius 1 is 1.05 bits per heavy atom. The van der Waals surface area contributed by atoms with Crippen LogP contribution in [0.15, 0.2) is 42.5 Å². The lowest BCUT2D eigenvalue weighted by Crippen LogP contribution is -2.07. The van der Waals surface area contributed by atoms with E-state index < -0.39 is 5.97 Å². The van der Waals surface area contributed by atoms with Crippen molar-refractivity contribution in [3.8, 4) is 27.6 Å². The van der Waals surface area contributed by atoms with Crippen LogP contribution in [0.2, 0.25) is 0 Å². The van der Waals surface area contributed by atoms with Gasteiger partial charge in [-0.3, -0.25) is 0 Å². The molecule has 7 heteroatoms. The standard InChI is InChI=1S/C31H29N3O3S/c1-17-30(38-18(2)32-17)24-11-9-20-14-23-27(16-25(20)33-24)37-13-12-34-26-15-21(31(35)36)8-10-22(26)28(29(23)34)19-6-4-3-5-7-19/h8-11,14-16,19H,3-7,12-13H2,1-2H3,(H,35,36). The van der Waals surface area contributed by atoms with Crippen molar-refractivity contribution in [2.24, 2.45) is 0 Å².